The fourth-order valence-electron chi connectivity index (χ4n) is 3.72. The first-order valence-electron chi connectivity index (χ1n) is 9.86. The van der Waals surface area contributed by atoms with Crippen LogP contribution in [0.15, 0.2) is 76.7 Å². The molecular formula is C24H25NO4SSe. The zero-order chi connectivity index (χ0) is 22.5. The number of ether oxygens (including phenoxy) is 2. The molecular weight excluding hydrogens is 477 g/mol. The van der Waals surface area contributed by atoms with Gasteiger partial charge in [-0.3, -0.25) is 0 Å². The number of carbonyl (C=O) groups excluding carboxylic acids is 2. The predicted molar refractivity (Wildman–Crippen MR) is 126 cm³/mol. The second-order valence-corrected chi connectivity index (χ2v) is 9.87. The van der Waals surface area contributed by atoms with E-state index in [9.17, 15) is 9.59 Å². The molecule has 0 radical (unpaired) electrons. The molecule has 1 aromatic rings. The molecule has 1 aliphatic carbocycles. The van der Waals surface area contributed by atoms with Crippen LogP contribution in [0.25, 0.3) is 0 Å². The SMILES string of the molecule is COC(=O)C1=C(C)NC(C[Se]c2ccccc2)=C(C(=O)OC)C1C1=CC=CC(C)C1=S. The van der Waals surface area contributed by atoms with E-state index in [4.69, 9.17) is 21.7 Å². The van der Waals surface area contributed by atoms with Gasteiger partial charge in [0.25, 0.3) is 0 Å². The van der Waals surface area contributed by atoms with E-state index in [1.54, 1.807) is 0 Å². The van der Waals surface area contributed by atoms with Gasteiger partial charge in [0.15, 0.2) is 0 Å². The van der Waals surface area contributed by atoms with Gasteiger partial charge in [-0.2, -0.15) is 0 Å². The van der Waals surface area contributed by atoms with Crippen LogP contribution in [-0.2, 0) is 19.1 Å². The van der Waals surface area contributed by atoms with Crippen LogP contribution >= 0.6 is 12.2 Å². The number of rotatable bonds is 6. The molecule has 31 heavy (non-hydrogen) atoms. The topological polar surface area (TPSA) is 64.6 Å². The zero-order valence-electron chi connectivity index (χ0n) is 17.9. The summed E-state index contributed by atoms with van der Waals surface area (Å²) in [6.45, 7) is 3.83. The molecule has 1 heterocycles. The van der Waals surface area contributed by atoms with E-state index in [0.717, 1.165) is 11.3 Å². The molecule has 2 unspecified atom stereocenters. The van der Waals surface area contributed by atoms with Crippen molar-refractivity contribution in [1.82, 2.24) is 5.32 Å². The Morgan fingerprint density at radius 2 is 1.74 bits per heavy atom. The number of methoxy groups -OCH3 is 2. The van der Waals surface area contributed by atoms with Crippen molar-refractivity contribution in [3.05, 3.63) is 76.7 Å². The molecule has 0 fully saturated rings. The molecule has 0 aromatic heterocycles. The summed E-state index contributed by atoms with van der Waals surface area (Å²) in [5.41, 5.74) is 2.99. The maximum absolute atomic E-state index is 13.0. The summed E-state index contributed by atoms with van der Waals surface area (Å²) in [6, 6.07) is 10.1. The summed E-state index contributed by atoms with van der Waals surface area (Å²) in [5, 5.41) is 3.95. The molecule has 7 heteroatoms. The Morgan fingerprint density at radius 1 is 1.10 bits per heavy atom. The summed E-state index contributed by atoms with van der Waals surface area (Å²) in [4.78, 5) is 26.5. The van der Waals surface area contributed by atoms with Crippen molar-refractivity contribution in [3.63, 3.8) is 0 Å². The van der Waals surface area contributed by atoms with Crippen LogP contribution in [0.5, 0.6) is 0 Å². The molecule has 2 atom stereocenters. The van der Waals surface area contributed by atoms with Crippen LogP contribution < -0.4 is 9.78 Å². The average molecular weight is 502 g/mol. The Morgan fingerprint density at radius 3 is 2.39 bits per heavy atom. The molecule has 0 saturated heterocycles. The fraction of sp³-hybridized carbons (Fsp3) is 0.292. The fourth-order valence-corrected chi connectivity index (χ4v) is 5.85. The second-order valence-electron chi connectivity index (χ2n) is 7.23. The third-order valence-corrected chi connectivity index (χ3v) is 8.05. The van der Waals surface area contributed by atoms with Crippen molar-refractivity contribution in [2.24, 2.45) is 11.8 Å². The number of benzene rings is 1. The van der Waals surface area contributed by atoms with Gasteiger partial charge in [-0.05, 0) is 0 Å². The zero-order valence-corrected chi connectivity index (χ0v) is 20.5. The average Bonchev–Trinajstić information content (AvgIpc) is 2.78. The second kappa shape index (κ2) is 10.2. The van der Waals surface area contributed by atoms with E-state index in [-0.39, 0.29) is 20.9 Å². The number of dihydropyridines is 1. The van der Waals surface area contributed by atoms with Crippen LogP contribution in [0.1, 0.15) is 13.8 Å². The van der Waals surface area contributed by atoms with Crippen molar-refractivity contribution in [3.8, 4) is 0 Å². The van der Waals surface area contributed by atoms with Crippen LogP contribution in [0.2, 0.25) is 5.32 Å². The van der Waals surface area contributed by atoms with Gasteiger partial charge in [0.1, 0.15) is 0 Å². The van der Waals surface area contributed by atoms with Crippen LogP contribution in [0.4, 0.5) is 0 Å². The van der Waals surface area contributed by atoms with Crippen LogP contribution in [-0.4, -0.2) is 46.0 Å². The van der Waals surface area contributed by atoms with Gasteiger partial charge in [-0.15, -0.1) is 0 Å². The first kappa shape index (κ1) is 23.2. The number of hydrogen-bond donors (Lipinski definition) is 1. The van der Waals surface area contributed by atoms with Gasteiger partial charge in [-0.25, -0.2) is 0 Å². The number of nitrogens with one attached hydrogen (secondary N) is 1. The van der Waals surface area contributed by atoms with Crippen molar-refractivity contribution >= 4 is 48.4 Å². The predicted octanol–water partition coefficient (Wildman–Crippen LogP) is 3.03. The third kappa shape index (κ3) is 4.90. The molecule has 1 N–H and O–H groups in total. The van der Waals surface area contributed by atoms with Crippen molar-refractivity contribution < 1.29 is 19.1 Å². The summed E-state index contributed by atoms with van der Waals surface area (Å²) in [7, 11) is 2.69. The summed E-state index contributed by atoms with van der Waals surface area (Å²) in [6.07, 6.45) is 5.81. The molecule has 0 bridgehead atoms. The number of esters is 2. The van der Waals surface area contributed by atoms with Crippen molar-refractivity contribution in [2.45, 2.75) is 19.2 Å². The van der Waals surface area contributed by atoms with E-state index in [1.165, 1.54) is 18.7 Å². The standard InChI is InChI=1S/C24H25NO4SSe/c1-14-9-8-12-17(22(14)30)20-19(23(26)28-3)15(2)25-18(21(20)24(27)29-4)13-31-16-10-6-5-7-11-16/h5-12,14,20,25H,13H2,1-4H3. The molecule has 162 valence electrons. The van der Waals surface area contributed by atoms with Crippen LogP contribution in [0, 0.1) is 11.8 Å². The Hall–Kier alpha value is -2.47. The molecule has 1 aromatic carbocycles. The minimum atomic E-state index is -0.636. The van der Waals surface area contributed by atoms with E-state index in [0.29, 0.717) is 27.0 Å². The monoisotopic (exact) mass is 503 g/mol. The van der Waals surface area contributed by atoms with E-state index >= 15 is 0 Å². The molecule has 0 spiro atoms. The van der Waals surface area contributed by atoms with E-state index < -0.39 is 17.9 Å². The Balaban J connectivity index is 2.13. The van der Waals surface area contributed by atoms with Crippen LogP contribution in [0.3, 0.4) is 0 Å². The Kier molecular flexibility index (Phi) is 7.65. The van der Waals surface area contributed by atoms with E-state index in [2.05, 4.69) is 17.4 Å². The van der Waals surface area contributed by atoms with E-state index in [1.807, 2.05) is 50.3 Å². The molecule has 3 rings (SSSR count). The number of allylic oxidation sites excluding steroid dienone is 6. The Bertz CT molecular complexity index is 1020. The normalized spacial score (nSPS) is 20.9. The van der Waals surface area contributed by atoms with Gasteiger partial charge in [0, 0.05) is 0 Å². The summed E-state index contributed by atoms with van der Waals surface area (Å²) in [5.74, 6) is -1.58. The number of carbonyl (C=O) groups is 2. The van der Waals surface area contributed by atoms with Crippen molar-refractivity contribution in [2.75, 3.05) is 14.2 Å². The minimum absolute atomic E-state index is 0.0278. The van der Waals surface area contributed by atoms with Gasteiger partial charge < -0.3 is 0 Å². The van der Waals surface area contributed by atoms with Gasteiger partial charge in [0.05, 0.1) is 0 Å². The van der Waals surface area contributed by atoms with Gasteiger partial charge in [0.2, 0.25) is 0 Å². The first-order valence-corrected chi connectivity index (χ1v) is 12.3. The maximum atomic E-state index is 13.0. The third-order valence-electron chi connectivity index (χ3n) is 5.27. The van der Waals surface area contributed by atoms with Crippen molar-refractivity contribution in [1.29, 1.82) is 0 Å². The molecule has 0 saturated carbocycles. The van der Waals surface area contributed by atoms with Gasteiger partial charge >= 0.3 is 195 Å². The molecule has 5 nitrogen and oxygen atoms in total. The molecule has 1 aliphatic heterocycles. The first-order chi connectivity index (χ1) is 14.9. The molecule has 2 aliphatic rings. The summed E-state index contributed by atoms with van der Waals surface area (Å²) >= 11 is 5.80. The quantitative estimate of drug-likeness (QED) is 0.367. The number of hydrogen-bond acceptors (Lipinski definition) is 6. The molecule has 0 amide bonds. The number of thiocarbonyl (C=S) groups is 1. The van der Waals surface area contributed by atoms with Gasteiger partial charge in [-0.1, -0.05) is 0 Å². The Labute approximate surface area is 194 Å². The summed E-state index contributed by atoms with van der Waals surface area (Å²) < 4.78 is 11.4.